The Morgan fingerprint density at radius 2 is 2.36 bits per heavy atom. The topological polar surface area (TPSA) is 24.4 Å². The molecule has 11 heavy (non-hydrogen) atoms. The molecule has 0 bridgehead atoms. The molecule has 1 atom stereocenters. The Labute approximate surface area is 71.9 Å². The van der Waals surface area contributed by atoms with Crippen molar-refractivity contribution in [3.8, 4) is 0 Å². The number of nitrogens with one attached hydrogen (secondary N) is 1. The van der Waals surface area contributed by atoms with Gasteiger partial charge in [-0.2, -0.15) is 0 Å². The molecule has 0 radical (unpaired) electrons. The largest absolute Gasteiger partial charge is 0.360 e. The lowest BCUT2D eigenvalue weighted by molar-refractivity contribution is 0.670. The van der Waals surface area contributed by atoms with Gasteiger partial charge in [-0.15, -0.1) is 0 Å². The molecule has 1 heterocycles. The third kappa shape index (κ3) is 1.70. The first-order chi connectivity index (χ1) is 5.18. The van der Waals surface area contributed by atoms with Gasteiger partial charge in [0.2, 0.25) is 0 Å². The van der Waals surface area contributed by atoms with E-state index in [2.05, 4.69) is 24.2 Å². The van der Waals surface area contributed by atoms with Crippen molar-refractivity contribution in [3.63, 3.8) is 0 Å². The fraction of sp³-hybridized carbons (Fsp3) is 0.875. The summed E-state index contributed by atoms with van der Waals surface area (Å²) in [6.45, 7) is 4.43. The highest BCUT2D eigenvalue weighted by molar-refractivity contribution is 8.14. The van der Waals surface area contributed by atoms with E-state index in [-0.39, 0.29) is 0 Å². The van der Waals surface area contributed by atoms with Gasteiger partial charge in [-0.3, -0.25) is 4.99 Å². The minimum atomic E-state index is 0.399. The number of amidine groups is 1. The minimum absolute atomic E-state index is 0.399. The van der Waals surface area contributed by atoms with E-state index < -0.39 is 0 Å². The molecule has 2 aliphatic rings. The molecule has 2 rings (SSSR count). The van der Waals surface area contributed by atoms with Gasteiger partial charge in [-0.05, 0) is 26.7 Å². The lowest BCUT2D eigenvalue weighted by Gasteiger charge is -2.10. The maximum atomic E-state index is 4.48. The van der Waals surface area contributed by atoms with Crippen molar-refractivity contribution in [1.29, 1.82) is 0 Å². The molecule has 0 aromatic carbocycles. The molecule has 2 nitrogen and oxygen atoms in total. The highest BCUT2D eigenvalue weighted by Crippen LogP contribution is 2.35. The van der Waals surface area contributed by atoms with Gasteiger partial charge in [-0.25, -0.2) is 0 Å². The molecule has 0 amide bonds. The molecule has 1 N–H and O–H groups in total. The van der Waals surface area contributed by atoms with E-state index in [0.717, 1.165) is 10.9 Å². The normalized spacial score (nSPS) is 33.3. The first-order valence-corrected chi connectivity index (χ1v) is 5.15. The van der Waals surface area contributed by atoms with Crippen LogP contribution in [0.2, 0.25) is 0 Å². The zero-order chi connectivity index (χ0) is 7.90. The van der Waals surface area contributed by atoms with Crippen LogP contribution in [0.5, 0.6) is 0 Å². The Bertz CT molecular complexity index is 196. The number of hydrogen-bond acceptors (Lipinski definition) is 3. The summed E-state index contributed by atoms with van der Waals surface area (Å²) in [6, 6.07) is 0.518. The zero-order valence-electron chi connectivity index (χ0n) is 7.05. The smallest absolute Gasteiger partial charge is 0.157 e. The standard InChI is InChI=1S/C8H14N2S/c1-6-5-11-7(9-6)10-8(2)3-4-8/h6H,3-5H2,1-2H3,(H,9,10). The van der Waals surface area contributed by atoms with Gasteiger partial charge in [-0.1, -0.05) is 11.8 Å². The lowest BCUT2D eigenvalue weighted by atomic mass is 10.3. The Hall–Kier alpha value is -0.180. The van der Waals surface area contributed by atoms with Crippen LogP contribution in [-0.2, 0) is 0 Å². The van der Waals surface area contributed by atoms with Crippen molar-refractivity contribution >= 4 is 16.9 Å². The molecule has 0 aromatic heterocycles. The van der Waals surface area contributed by atoms with Gasteiger partial charge in [0.15, 0.2) is 5.17 Å². The summed E-state index contributed by atoms with van der Waals surface area (Å²) in [5.41, 5.74) is 0.399. The quantitative estimate of drug-likeness (QED) is 0.646. The first kappa shape index (κ1) is 7.47. The summed E-state index contributed by atoms with van der Waals surface area (Å²) in [7, 11) is 0. The van der Waals surface area contributed by atoms with E-state index in [4.69, 9.17) is 0 Å². The van der Waals surface area contributed by atoms with E-state index in [1.807, 2.05) is 11.8 Å². The highest BCUT2D eigenvalue weighted by atomic mass is 32.2. The minimum Gasteiger partial charge on any atom is -0.360 e. The van der Waals surface area contributed by atoms with Crippen LogP contribution < -0.4 is 5.32 Å². The van der Waals surface area contributed by atoms with Crippen LogP contribution in [-0.4, -0.2) is 22.5 Å². The number of aliphatic imine (C=N–C) groups is 1. The number of rotatable bonds is 1. The molecule has 3 heteroatoms. The van der Waals surface area contributed by atoms with Crippen molar-refractivity contribution in [1.82, 2.24) is 5.32 Å². The summed E-state index contributed by atoms with van der Waals surface area (Å²) < 4.78 is 0. The predicted molar refractivity (Wildman–Crippen MR) is 50.1 cm³/mol. The predicted octanol–water partition coefficient (Wildman–Crippen LogP) is 1.62. The van der Waals surface area contributed by atoms with Crippen molar-refractivity contribution in [2.75, 3.05) is 5.75 Å². The second-order valence-electron chi connectivity index (χ2n) is 3.78. The van der Waals surface area contributed by atoms with Crippen molar-refractivity contribution in [2.45, 2.75) is 38.3 Å². The number of nitrogens with zero attached hydrogens (tertiary/aromatic N) is 1. The summed E-state index contributed by atoms with van der Waals surface area (Å²) in [5, 5.41) is 4.64. The fourth-order valence-corrected chi connectivity index (χ4v) is 2.16. The summed E-state index contributed by atoms with van der Waals surface area (Å²) in [4.78, 5) is 4.48. The van der Waals surface area contributed by atoms with Gasteiger partial charge in [0.1, 0.15) is 0 Å². The molecule has 1 saturated carbocycles. The lowest BCUT2D eigenvalue weighted by Crippen LogP contribution is -2.31. The third-order valence-electron chi connectivity index (χ3n) is 2.21. The van der Waals surface area contributed by atoms with Crippen LogP contribution in [0.3, 0.4) is 0 Å². The SMILES string of the molecule is CC1CSC(NC2(C)CC2)=N1. The molecule has 1 aliphatic heterocycles. The Kier molecular flexibility index (Phi) is 1.63. The summed E-state index contributed by atoms with van der Waals surface area (Å²) in [6.07, 6.45) is 2.61. The Morgan fingerprint density at radius 1 is 1.64 bits per heavy atom. The van der Waals surface area contributed by atoms with Crippen LogP contribution in [0.4, 0.5) is 0 Å². The Morgan fingerprint density at radius 3 is 2.82 bits per heavy atom. The maximum absolute atomic E-state index is 4.48. The molecule has 0 aromatic rings. The van der Waals surface area contributed by atoms with Gasteiger partial charge < -0.3 is 5.32 Å². The van der Waals surface area contributed by atoms with E-state index in [9.17, 15) is 0 Å². The van der Waals surface area contributed by atoms with E-state index in [1.165, 1.54) is 12.8 Å². The van der Waals surface area contributed by atoms with Crippen LogP contribution in [0, 0.1) is 0 Å². The summed E-state index contributed by atoms with van der Waals surface area (Å²) in [5.74, 6) is 1.15. The van der Waals surface area contributed by atoms with Crippen LogP contribution in [0.1, 0.15) is 26.7 Å². The second-order valence-corrected chi connectivity index (χ2v) is 4.79. The monoisotopic (exact) mass is 170 g/mol. The van der Waals surface area contributed by atoms with Gasteiger partial charge in [0, 0.05) is 11.3 Å². The molecule has 0 spiro atoms. The van der Waals surface area contributed by atoms with E-state index in [0.29, 0.717) is 11.6 Å². The van der Waals surface area contributed by atoms with E-state index >= 15 is 0 Å². The number of hydrogen-bond donors (Lipinski definition) is 1. The van der Waals surface area contributed by atoms with Crippen molar-refractivity contribution < 1.29 is 0 Å². The molecule has 62 valence electrons. The maximum Gasteiger partial charge on any atom is 0.157 e. The zero-order valence-corrected chi connectivity index (χ0v) is 7.87. The Balaban J connectivity index is 1.91. The number of thioether (sulfide) groups is 1. The van der Waals surface area contributed by atoms with E-state index in [1.54, 1.807) is 0 Å². The molecule has 1 fully saturated rings. The molecular formula is C8H14N2S. The first-order valence-electron chi connectivity index (χ1n) is 4.17. The summed E-state index contributed by atoms with van der Waals surface area (Å²) >= 11 is 1.86. The van der Waals surface area contributed by atoms with Crippen molar-refractivity contribution in [2.24, 2.45) is 4.99 Å². The van der Waals surface area contributed by atoms with Gasteiger partial charge in [0.05, 0.1) is 6.04 Å². The van der Waals surface area contributed by atoms with Crippen LogP contribution in [0.25, 0.3) is 0 Å². The molecule has 1 aliphatic carbocycles. The molecule has 0 saturated heterocycles. The van der Waals surface area contributed by atoms with Gasteiger partial charge in [0.25, 0.3) is 0 Å². The third-order valence-corrected chi connectivity index (χ3v) is 3.34. The fourth-order valence-electron chi connectivity index (χ4n) is 1.11. The van der Waals surface area contributed by atoms with Crippen LogP contribution >= 0.6 is 11.8 Å². The average molecular weight is 170 g/mol. The molecular weight excluding hydrogens is 156 g/mol. The van der Waals surface area contributed by atoms with Crippen molar-refractivity contribution in [3.05, 3.63) is 0 Å². The van der Waals surface area contributed by atoms with Crippen LogP contribution in [0.15, 0.2) is 4.99 Å². The van der Waals surface area contributed by atoms with Gasteiger partial charge >= 0.3 is 0 Å². The molecule has 1 unspecified atom stereocenters. The highest BCUT2D eigenvalue weighted by Gasteiger charge is 2.38. The average Bonchev–Trinajstić information content (AvgIpc) is 2.49. The second kappa shape index (κ2) is 2.41.